The lowest BCUT2D eigenvalue weighted by Gasteiger charge is -2.38. The number of carbonyl (C=O) groups is 1. The van der Waals surface area contributed by atoms with Crippen LogP contribution in [0, 0.1) is 0 Å². The molecule has 13 nitrogen and oxygen atoms in total. The third kappa shape index (κ3) is 9.37. The number of aliphatic hydroxyl groups excluding tert-OH is 1. The summed E-state index contributed by atoms with van der Waals surface area (Å²) < 4.78 is 79.2. The lowest BCUT2D eigenvalue weighted by atomic mass is 9.88. The Balaban J connectivity index is 1.43. The SMILES string of the molecule is CCOc1ccc(Br)cc1S(=O)(=O)N1CCC2(CC1)C[C@H](N(C[C@H](O)COc1cccc(S(=O)(=O)NC)c1)C(=O)OC(C)(C)C)CO2. The van der Waals surface area contributed by atoms with Crippen LogP contribution in [-0.4, -0.2) is 107 Å². The summed E-state index contributed by atoms with van der Waals surface area (Å²) in [6.45, 7) is 7.65. The summed E-state index contributed by atoms with van der Waals surface area (Å²) in [4.78, 5) is 14.9. The third-order valence-corrected chi connectivity index (χ3v) is 11.8. The number of carbonyl (C=O) groups excluding carboxylic acids is 1. The Morgan fingerprint density at radius 2 is 1.85 bits per heavy atom. The second-order valence-electron chi connectivity index (χ2n) is 12.6. The molecule has 1 amide bonds. The molecule has 47 heavy (non-hydrogen) atoms. The van der Waals surface area contributed by atoms with Crippen LogP contribution in [0.1, 0.15) is 47.0 Å². The number of aliphatic hydroxyl groups is 1. The van der Waals surface area contributed by atoms with Gasteiger partial charge < -0.3 is 29.0 Å². The van der Waals surface area contributed by atoms with E-state index >= 15 is 0 Å². The Morgan fingerprint density at radius 3 is 2.49 bits per heavy atom. The molecular formula is C31H44BrN3O10S2. The van der Waals surface area contributed by atoms with E-state index < -0.39 is 49.5 Å². The second-order valence-corrected chi connectivity index (χ2v) is 17.3. The standard InChI is InChI=1S/C31H44BrN3O10S2/c1-6-42-27-11-10-22(32)16-28(27)47(40,41)34-14-12-31(13-15-34)18-23(20-44-31)35(29(37)45-30(2,3)4)19-24(36)21-43-25-8-7-9-26(17-25)46(38,39)33-5/h7-11,16-17,23-24,33,36H,6,12-15,18-21H2,1-5H3/t23-,24-/m0/s1. The lowest BCUT2D eigenvalue weighted by Crippen LogP contribution is -2.50. The van der Waals surface area contributed by atoms with Gasteiger partial charge >= 0.3 is 6.09 Å². The molecule has 2 aromatic carbocycles. The molecule has 2 saturated heterocycles. The summed E-state index contributed by atoms with van der Waals surface area (Å²) in [6.07, 6.45) is -0.498. The van der Waals surface area contributed by atoms with Crippen molar-refractivity contribution in [2.75, 3.05) is 46.5 Å². The van der Waals surface area contributed by atoms with E-state index in [-0.39, 0.29) is 48.4 Å². The number of benzene rings is 2. The maximum absolute atomic E-state index is 13.6. The average molecular weight is 763 g/mol. The van der Waals surface area contributed by atoms with E-state index in [9.17, 15) is 26.7 Å². The fraction of sp³-hybridized carbons (Fsp3) is 0.581. The zero-order valence-electron chi connectivity index (χ0n) is 27.3. The summed E-state index contributed by atoms with van der Waals surface area (Å²) in [5, 5.41) is 10.9. The van der Waals surface area contributed by atoms with Crippen molar-refractivity contribution >= 4 is 42.1 Å². The highest BCUT2D eigenvalue weighted by molar-refractivity contribution is 9.10. The Morgan fingerprint density at radius 1 is 1.15 bits per heavy atom. The van der Waals surface area contributed by atoms with Crippen molar-refractivity contribution in [1.82, 2.24) is 13.9 Å². The van der Waals surface area contributed by atoms with Crippen molar-refractivity contribution < 1.29 is 45.7 Å². The fourth-order valence-electron chi connectivity index (χ4n) is 5.61. The molecule has 4 rings (SSSR count). The highest BCUT2D eigenvalue weighted by Gasteiger charge is 2.48. The zero-order valence-corrected chi connectivity index (χ0v) is 30.5. The van der Waals surface area contributed by atoms with Crippen molar-refractivity contribution in [3.8, 4) is 11.5 Å². The fourth-order valence-corrected chi connectivity index (χ4v) is 8.49. The number of piperidine rings is 1. The molecule has 2 aromatic rings. The number of amides is 1. The highest BCUT2D eigenvalue weighted by Crippen LogP contribution is 2.40. The first-order valence-corrected chi connectivity index (χ1v) is 19.1. The normalized spacial score (nSPS) is 19.3. The van der Waals surface area contributed by atoms with Crippen molar-refractivity contribution in [3.05, 3.63) is 46.9 Å². The van der Waals surface area contributed by atoms with Gasteiger partial charge in [0.2, 0.25) is 20.0 Å². The molecule has 2 N–H and O–H groups in total. The van der Waals surface area contributed by atoms with Gasteiger partial charge in [0.25, 0.3) is 0 Å². The van der Waals surface area contributed by atoms with Gasteiger partial charge in [-0.2, -0.15) is 4.31 Å². The van der Waals surface area contributed by atoms with Crippen molar-refractivity contribution in [3.63, 3.8) is 0 Å². The quantitative estimate of drug-likeness (QED) is 0.326. The number of hydrogen-bond acceptors (Lipinski definition) is 10. The minimum absolute atomic E-state index is 0.0148. The average Bonchev–Trinajstić information content (AvgIpc) is 3.41. The summed E-state index contributed by atoms with van der Waals surface area (Å²) in [6, 6.07) is 10.3. The monoisotopic (exact) mass is 761 g/mol. The Kier molecular flexibility index (Phi) is 11.9. The summed E-state index contributed by atoms with van der Waals surface area (Å²) in [5.41, 5.74) is -1.45. The Labute approximate surface area is 285 Å². The first kappa shape index (κ1) is 37.4. The van der Waals surface area contributed by atoms with Gasteiger partial charge in [-0.05, 0) is 84.3 Å². The number of rotatable bonds is 12. The van der Waals surface area contributed by atoms with Gasteiger partial charge in [0.1, 0.15) is 34.7 Å². The van der Waals surface area contributed by atoms with Crippen molar-refractivity contribution in [1.29, 1.82) is 0 Å². The van der Waals surface area contributed by atoms with Gasteiger partial charge in [0.05, 0.1) is 36.3 Å². The van der Waals surface area contributed by atoms with Gasteiger partial charge in [0, 0.05) is 23.6 Å². The molecule has 262 valence electrons. The molecule has 0 saturated carbocycles. The van der Waals surface area contributed by atoms with Crippen LogP contribution in [0.4, 0.5) is 4.79 Å². The van der Waals surface area contributed by atoms with E-state index in [1.165, 1.54) is 34.5 Å². The number of nitrogens with zero attached hydrogens (tertiary/aromatic N) is 2. The maximum atomic E-state index is 13.6. The largest absolute Gasteiger partial charge is 0.492 e. The minimum Gasteiger partial charge on any atom is -0.492 e. The van der Waals surface area contributed by atoms with Crippen LogP contribution >= 0.6 is 15.9 Å². The summed E-state index contributed by atoms with van der Waals surface area (Å²) in [7, 11) is -6.23. The zero-order chi connectivity index (χ0) is 34.6. The number of ether oxygens (including phenoxy) is 4. The summed E-state index contributed by atoms with van der Waals surface area (Å²) in [5.74, 6) is 0.532. The van der Waals surface area contributed by atoms with Gasteiger partial charge in [0.15, 0.2) is 0 Å². The van der Waals surface area contributed by atoms with Crippen LogP contribution < -0.4 is 14.2 Å². The molecule has 0 unspecified atom stereocenters. The molecule has 2 heterocycles. The molecular weight excluding hydrogens is 718 g/mol. The molecule has 1 spiro atoms. The molecule has 2 fully saturated rings. The molecule has 16 heteroatoms. The smallest absolute Gasteiger partial charge is 0.410 e. The van der Waals surface area contributed by atoms with Gasteiger partial charge in [-0.15, -0.1) is 0 Å². The van der Waals surface area contributed by atoms with Crippen molar-refractivity contribution in [2.24, 2.45) is 0 Å². The number of halogens is 1. The topological polar surface area (TPSA) is 161 Å². The van der Waals surface area contributed by atoms with Crippen LogP contribution in [0.15, 0.2) is 56.7 Å². The van der Waals surface area contributed by atoms with E-state index in [0.29, 0.717) is 36.1 Å². The maximum Gasteiger partial charge on any atom is 0.410 e. The van der Waals surface area contributed by atoms with Gasteiger partial charge in [-0.3, -0.25) is 0 Å². The molecule has 0 aliphatic carbocycles. The van der Waals surface area contributed by atoms with Crippen LogP contribution in [-0.2, 0) is 29.5 Å². The van der Waals surface area contributed by atoms with E-state index in [0.717, 1.165) is 0 Å². The summed E-state index contributed by atoms with van der Waals surface area (Å²) >= 11 is 3.36. The number of nitrogens with one attached hydrogen (secondary N) is 1. The van der Waals surface area contributed by atoms with E-state index in [1.807, 2.05) is 0 Å². The lowest BCUT2D eigenvalue weighted by molar-refractivity contribution is -0.0329. The molecule has 0 aromatic heterocycles. The highest BCUT2D eigenvalue weighted by atomic mass is 79.9. The van der Waals surface area contributed by atoms with E-state index in [2.05, 4.69) is 20.7 Å². The predicted octanol–water partition coefficient (Wildman–Crippen LogP) is 3.75. The molecule has 2 aliphatic heterocycles. The second kappa shape index (κ2) is 15.0. The Hall–Kier alpha value is -2.47. The van der Waals surface area contributed by atoms with Crippen LogP contribution in [0.3, 0.4) is 0 Å². The van der Waals surface area contributed by atoms with Crippen LogP contribution in [0.25, 0.3) is 0 Å². The third-order valence-electron chi connectivity index (χ3n) is 7.95. The first-order valence-electron chi connectivity index (χ1n) is 15.4. The number of sulfonamides is 2. The number of hydrogen-bond donors (Lipinski definition) is 2. The molecule has 0 radical (unpaired) electrons. The molecule has 2 aliphatic rings. The molecule has 2 atom stereocenters. The Bertz CT molecular complexity index is 1620. The minimum atomic E-state index is -3.85. The molecule has 0 bridgehead atoms. The van der Waals surface area contributed by atoms with Crippen molar-refractivity contribution in [2.45, 2.75) is 80.1 Å². The first-order chi connectivity index (χ1) is 22.0. The van der Waals surface area contributed by atoms with E-state index in [1.54, 1.807) is 52.0 Å². The van der Waals surface area contributed by atoms with Crippen LogP contribution in [0.2, 0.25) is 0 Å². The predicted molar refractivity (Wildman–Crippen MR) is 178 cm³/mol. The van der Waals surface area contributed by atoms with Gasteiger partial charge in [-0.1, -0.05) is 22.0 Å². The van der Waals surface area contributed by atoms with Crippen LogP contribution in [0.5, 0.6) is 11.5 Å². The van der Waals surface area contributed by atoms with Gasteiger partial charge in [-0.25, -0.2) is 26.4 Å². The van der Waals surface area contributed by atoms with E-state index in [4.69, 9.17) is 18.9 Å².